The van der Waals surface area contributed by atoms with Crippen molar-refractivity contribution in [2.45, 2.75) is 38.8 Å². The van der Waals surface area contributed by atoms with E-state index in [-0.39, 0.29) is 24.3 Å². The van der Waals surface area contributed by atoms with Gasteiger partial charge in [0.2, 0.25) is 0 Å². The van der Waals surface area contributed by atoms with Crippen LogP contribution in [0.1, 0.15) is 26.7 Å². The number of hydrogen-bond acceptors (Lipinski definition) is 4. The van der Waals surface area contributed by atoms with Gasteiger partial charge in [0.1, 0.15) is 5.75 Å². The van der Waals surface area contributed by atoms with E-state index in [9.17, 15) is 9.59 Å². The van der Waals surface area contributed by atoms with Crippen molar-refractivity contribution < 1.29 is 19.1 Å². The molecular weight excluding hydrogens is 294 g/mol. The van der Waals surface area contributed by atoms with Gasteiger partial charge in [0, 0.05) is 11.1 Å². The maximum atomic E-state index is 12.0. The summed E-state index contributed by atoms with van der Waals surface area (Å²) in [7, 11) is 1.32. The highest BCUT2D eigenvalue weighted by atomic mass is 35.5. The lowest BCUT2D eigenvalue weighted by Gasteiger charge is -2.19. The van der Waals surface area contributed by atoms with Gasteiger partial charge < -0.3 is 14.8 Å². The molecule has 0 aromatic heterocycles. The molecule has 0 bridgehead atoms. The first kappa shape index (κ1) is 17.3. The zero-order valence-corrected chi connectivity index (χ0v) is 13.1. The molecule has 0 radical (unpaired) electrons. The number of carbonyl (C=O) groups is 2. The fourth-order valence-electron chi connectivity index (χ4n) is 1.67. The van der Waals surface area contributed by atoms with Gasteiger partial charge >= 0.3 is 5.97 Å². The van der Waals surface area contributed by atoms with Crippen molar-refractivity contribution in [3.63, 3.8) is 0 Å². The molecule has 0 saturated carbocycles. The van der Waals surface area contributed by atoms with Crippen LogP contribution in [0.25, 0.3) is 0 Å². The summed E-state index contributed by atoms with van der Waals surface area (Å²) in [5.41, 5.74) is 0. The molecule has 21 heavy (non-hydrogen) atoms. The topological polar surface area (TPSA) is 64.6 Å². The fourth-order valence-corrected chi connectivity index (χ4v) is 1.80. The Bertz CT molecular complexity index is 475. The number of hydrogen-bond donors (Lipinski definition) is 1. The monoisotopic (exact) mass is 313 g/mol. The molecule has 1 aromatic carbocycles. The van der Waals surface area contributed by atoms with Gasteiger partial charge in [-0.3, -0.25) is 9.59 Å². The maximum Gasteiger partial charge on any atom is 0.307 e. The molecule has 1 amide bonds. The van der Waals surface area contributed by atoms with Crippen molar-refractivity contribution in [3.8, 4) is 5.75 Å². The van der Waals surface area contributed by atoms with Gasteiger partial charge in [-0.1, -0.05) is 18.5 Å². The first-order valence-corrected chi connectivity index (χ1v) is 7.13. The normalized spacial score (nSPS) is 13.1. The second-order valence-corrected chi connectivity index (χ2v) is 5.04. The van der Waals surface area contributed by atoms with E-state index in [4.69, 9.17) is 16.3 Å². The average Bonchev–Trinajstić information content (AvgIpc) is 2.48. The standard InChI is InChI=1S/C15H20ClNO4/c1-4-12(9-14(18)20-3)17-15(19)10(2)21-13-7-5-11(16)6-8-13/h5-8,10,12H,4,9H2,1-3H3,(H,17,19). The van der Waals surface area contributed by atoms with Gasteiger partial charge in [-0.2, -0.15) is 0 Å². The number of nitrogens with one attached hydrogen (secondary N) is 1. The molecule has 0 aliphatic heterocycles. The lowest BCUT2D eigenvalue weighted by atomic mass is 10.1. The Hall–Kier alpha value is -1.75. The summed E-state index contributed by atoms with van der Waals surface area (Å²) < 4.78 is 10.1. The zero-order valence-electron chi connectivity index (χ0n) is 12.4. The van der Waals surface area contributed by atoms with Gasteiger partial charge in [-0.05, 0) is 37.6 Å². The first-order valence-electron chi connectivity index (χ1n) is 6.75. The van der Waals surface area contributed by atoms with E-state index in [1.165, 1.54) is 7.11 Å². The summed E-state index contributed by atoms with van der Waals surface area (Å²) in [6.07, 6.45) is 0.110. The summed E-state index contributed by atoms with van der Waals surface area (Å²) in [6.45, 7) is 3.54. The zero-order chi connectivity index (χ0) is 15.8. The molecular formula is C15H20ClNO4. The maximum absolute atomic E-state index is 12.0. The average molecular weight is 314 g/mol. The highest BCUT2D eigenvalue weighted by Crippen LogP contribution is 2.16. The van der Waals surface area contributed by atoms with Crippen LogP contribution in [0.2, 0.25) is 5.02 Å². The Morgan fingerprint density at radius 1 is 1.29 bits per heavy atom. The summed E-state index contributed by atoms with van der Waals surface area (Å²) in [6, 6.07) is 6.50. The molecule has 1 N–H and O–H groups in total. The molecule has 0 heterocycles. The molecule has 6 heteroatoms. The van der Waals surface area contributed by atoms with Crippen molar-refractivity contribution in [3.05, 3.63) is 29.3 Å². The van der Waals surface area contributed by atoms with Crippen LogP contribution in [0.15, 0.2) is 24.3 Å². The van der Waals surface area contributed by atoms with E-state index in [1.807, 2.05) is 6.92 Å². The summed E-state index contributed by atoms with van der Waals surface area (Å²) in [4.78, 5) is 23.3. The van der Waals surface area contributed by atoms with E-state index >= 15 is 0 Å². The van der Waals surface area contributed by atoms with Crippen molar-refractivity contribution >= 4 is 23.5 Å². The van der Waals surface area contributed by atoms with E-state index in [1.54, 1.807) is 31.2 Å². The summed E-state index contributed by atoms with van der Waals surface area (Å²) in [5.74, 6) is -0.0720. The molecule has 0 aliphatic rings. The number of ether oxygens (including phenoxy) is 2. The van der Waals surface area contributed by atoms with Crippen LogP contribution in [0, 0.1) is 0 Å². The van der Waals surface area contributed by atoms with Crippen LogP contribution >= 0.6 is 11.6 Å². The predicted molar refractivity (Wildman–Crippen MR) is 80.4 cm³/mol. The molecule has 0 fully saturated rings. The third-order valence-corrected chi connectivity index (χ3v) is 3.23. The minimum atomic E-state index is -0.669. The number of esters is 1. The number of benzene rings is 1. The van der Waals surface area contributed by atoms with Crippen molar-refractivity contribution in [1.82, 2.24) is 5.32 Å². The Kier molecular flexibility index (Phi) is 7.02. The van der Waals surface area contributed by atoms with Crippen molar-refractivity contribution in [2.75, 3.05) is 7.11 Å². The van der Waals surface area contributed by atoms with E-state index in [0.29, 0.717) is 17.2 Å². The number of amides is 1. The molecule has 0 spiro atoms. The first-order chi connectivity index (χ1) is 9.96. The lowest BCUT2D eigenvalue weighted by molar-refractivity contribution is -0.141. The van der Waals surface area contributed by atoms with Gasteiger partial charge in [-0.15, -0.1) is 0 Å². The highest BCUT2D eigenvalue weighted by molar-refractivity contribution is 6.30. The Morgan fingerprint density at radius 3 is 2.43 bits per heavy atom. The Morgan fingerprint density at radius 2 is 1.90 bits per heavy atom. The minimum Gasteiger partial charge on any atom is -0.481 e. The van der Waals surface area contributed by atoms with Gasteiger partial charge in [-0.25, -0.2) is 0 Å². The third kappa shape index (κ3) is 6.04. The highest BCUT2D eigenvalue weighted by Gasteiger charge is 2.20. The summed E-state index contributed by atoms with van der Waals surface area (Å²) >= 11 is 5.78. The molecule has 1 rings (SSSR count). The fraction of sp³-hybridized carbons (Fsp3) is 0.467. The van der Waals surface area contributed by atoms with Gasteiger partial charge in [0.15, 0.2) is 6.10 Å². The second kappa shape index (κ2) is 8.52. The molecule has 1 aromatic rings. The second-order valence-electron chi connectivity index (χ2n) is 4.61. The predicted octanol–water partition coefficient (Wildman–Crippen LogP) is 2.57. The summed E-state index contributed by atoms with van der Waals surface area (Å²) in [5, 5.41) is 3.37. The van der Waals surface area contributed by atoms with Crippen LogP contribution in [0.4, 0.5) is 0 Å². The van der Waals surface area contributed by atoms with Crippen LogP contribution in [0.5, 0.6) is 5.75 Å². The molecule has 5 nitrogen and oxygen atoms in total. The van der Waals surface area contributed by atoms with Crippen molar-refractivity contribution in [2.24, 2.45) is 0 Å². The van der Waals surface area contributed by atoms with Crippen LogP contribution in [0.3, 0.4) is 0 Å². The number of methoxy groups -OCH3 is 1. The van der Waals surface area contributed by atoms with Gasteiger partial charge in [0.25, 0.3) is 5.91 Å². The van der Waals surface area contributed by atoms with Crippen LogP contribution < -0.4 is 10.1 Å². The molecule has 2 atom stereocenters. The van der Waals surface area contributed by atoms with E-state index in [2.05, 4.69) is 10.1 Å². The SMILES string of the molecule is CCC(CC(=O)OC)NC(=O)C(C)Oc1ccc(Cl)cc1. The number of halogens is 1. The minimum absolute atomic E-state index is 0.145. The van der Waals surface area contributed by atoms with E-state index < -0.39 is 6.10 Å². The Labute approximate surface area is 129 Å². The van der Waals surface area contributed by atoms with Crippen LogP contribution in [-0.2, 0) is 14.3 Å². The van der Waals surface area contributed by atoms with E-state index in [0.717, 1.165) is 0 Å². The van der Waals surface area contributed by atoms with Crippen molar-refractivity contribution in [1.29, 1.82) is 0 Å². The molecule has 0 aliphatic carbocycles. The lowest BCUT2D eigenvalue weighted by Crippen LogP contribution is -2.43. The number of carbonyl (C=O) groups excluding carboxylic acids is 2. The largest absolute Gasteiger partial charge is 0.481 e. The molecule has 116 valence electrons. The molecule has 0 saturated heterocycles. The quantitative estimate of drug-likeness (QED) is 0.786. The molecule has 2 unspecified atom stereocenters. The third-order valence-electron chi connectivity index (χ3n) is 2.98. The van der Waals surface area contributed by atoms with Crippen LogP contribution in [-0.4, -0.2) is 31.1 Å². The smallest absolute Gasteiger partial charge is 0.307 e. The Balaban J connectivity index is 2.52. The van der Waals surface area contributed by atoms with Gasteiger partial charge in [0.05, 0.1) is 13.5 Å². The number of rotatable bonds is 7.